The van der Waals surface area contributed by atoms with Crippen LogP contribution in [0.2, 0.25) is 10.0 Å². The molecule has 21 heavy (non-hydrogen) atoms. The second-order valence-corrected chi connectivity index (χ2v) is 6.47. The summed E-state index contributed by atoms with van der Waals surface area (Å²) in [4.78, 5) is 4.41. The summed E-state index contributed by atoms with van der Waals surface area (Å²) in [6.07, 6.45) is 1.93. The maximum atomic E-state index is 6.08. The van der Waals surface area contributed by atoms with Crippen molar-refractivity contribution in [1.29, 1.82) is 0 Å². The standard InChI is InChI=1S/C16H21Cl2N3/c1-11(2)7-19-8-14-9-20-12(3)21(14)10-13-4-5-15(17)16(18)6-13/h4-6,9,11,19H,7-8,10H2,1-3H3. The third kappa shape index (κ3) is 4.47. The SMILES string of the molecule is Cc1ncc(CNCC(C)C)n1Cc1ccc(Cl)c(Cl)c1. The third-order valence-corrected chi connectivity index (χ3v) is 4.06. The quantitative estimate of drug-likeness (QED) is 0.858. The predicted octanol–water partition coefficient (Wildman–Crippen LogP) is 4.29. The topological polar surface area (TPSA) is 29.9 Å². The lowest BCUT2D eigenvalue weighted by Crippen LogP contribution is -2.21. The second kappa shape index (κ2) is 7.30. The van der Waals surface area contributed by atoms with Crippen LogP contribution in [-0.4, -0.2) is 16.1 Å². The fraction of sp³-hybridized carbons (Fsp3) is 0.438. The number of halogens is 2. The van der Waals surface area contributed by atoms with Gasteiger partial charge in [-0.15, -0.1) is 0 Å². The summed E-state index contributed by atoms with van der Waals surface area (Å²) in [7, 11) is 0. The Morgan fingerprint density at radius 3 is 2.67 bits per heavy atom. The van der Waals surface area contributed by atoms with E-state index in [2.05, 4.69) is 28.7 Å². The van der Waals surface area contributed by atoms with E-state index < -0.39 is 0 Å². The van der Waals surface area contributed by atoms with Crippen molar-refractivity contribution in [3.05, 3.63) is 51.5 Å². The molecule has 0 atom stereocenters. The van der Waals surface area contributed by atoms with Crippen molar-refractivity contribution >= 4 is 23.2 Å². The normalized spacial score (nSPS) is 11.3. The van der Waals surface area contributed by atoms with Crippen molar-refractivity contribution in [2.24, 2.45) is 5.92 Å². The van der Waals surface area contributed by atoms with E-state index in [4.69, 9.17) is 23.2 Å². The van der Waals surface area contributed by atoms with Crippen LogP contribution < -0.4 is 5.32 Å². The van der Waals surface area contributed by atoms with Gasteiger partial charge in [0.2, 0.25) is 0 Å². The maximum Gasteiger partial charge on any atom is 0.106 e. The average Bonchev–Trinajstić information content (AvgIpc) is 2.75. The van der Waals surface area contributed by atoms with Crippen LogP contribution in [0.5, 0.6) is 0 Å². The van der Waals surface area contributed by atoms with Crippen molar-refractivity contribution in [2.45, 2.75) is 33.9 Å². The average molecular weight is 326 g/mol. The molecule has 0 bridgehead atoms. The first kappa shape index (κ1) is 16.3. The molecule has 114 valence electrons. The molecular formula is C16H21Cl2N3. The number of rotatable bonds is 6. The highest BCUT2D eigenvalue weighted by atomic mass is 35.5. The molecule has 5 heteroatoms. The number of nitrogens with zero attached hydrogens (tertiary/aromatic N) is 2. The van der Waals surface area contributed by atoms with E-state index in [-0.39, 0.29) is 0 Å². The van der Waals surface area contributed by atoms with Gasteiger partial charge >= 0.3 is 0 Å². The fourth-order valence-electron chi connectivity index (χ4n) is 2.18. The molecule has 1 N–H and O–H groups in total. The van der Waals surface area contributed by atoms with E-state index in [0.717, 1.165) is 31.0 Å². The molecule has 0 aliphatic rings. The minimum absolute atomic E-state index is 0.585. The van der Waals surface area contributed by atoms with E-state index in [1.807, 2.05) is 31.3 Å². The van der Waals surface area contributed by atoms with Crippen molar-refractivity contribution in [1.82, 2.24) is 14.9 Å². The Labute approximate surface area is 136 Å². The molecule has 0 saturated carbocycles. The Morgan fingerprint density at radius 2 is 2.00 bits per heavy atom. The highest BCUT2D eigenvalue weighted by molar-refractivity contribution is 6.42. The molecule has 1 aromatic carbocycles. The molecule has 0 spiro atoms. The molecule has 1 aromatic heterocycles. The number of aryl methyl sites for hydroxylation is 1. The number of hydrogen-bond acceptors (Lipinski definition) is 2. The van der Waals surface area contributed by atoms with Gasteiger partial charge in [0.05, 0.1) is 15.7 Å². The maximum absolute atomic E-state index is 6.08. The minimum Gasteiger partial charge on any atom is -0.327 e. The van der Waals surface area contributed by atoms with Gasteiger partial charge in [-0.05, 0) is 37.1 Å². The molecular weight excluding hydrogens is 305 g/mol. The zero-order valence-corrected chi connectivity index (χ0v) is 14.2. The minimum atomic E-state index is 0.585. The molecule has 2 rings (SSSR count). The van der Waals surface area contributed by atoms with Crippen LogP contribution in [0.4, 0.5) is 0 Å². The molecule has 0 amide bonds. The second-order valence-electron chi connectivity index (χ2n) is 5.66. The Morgan fingerprint density at radius 1 is 1.24 bits per heavy atom. The van der Waals surface area contributed by atoms with Crippen molar-refractivity contribution in [3.8, 4) is 0 Å². The third-order valence-electron chi connectivity index (χ3n) is 3.32. The lowest BCUT2D eigenvalue weighted by Gasteiger charge is -2.13. The molecule has 0 radical (unpaired) electrons. The number of aromatic nitrogens is 2. The van der Waals surface area contributed by atoms with Crippen LogP contribution in [-0.2, 0) is 13.1 Å². The molecule has 0 unspecified atom stereocenters. The number of imidazole rings is 1. The van der Waals surface area contributed by atoms with E-state index in [1.54, 1.807) is 0 Å². The highest BCUT2D eigenvalue weighted by Crippen LogP contribution is 2.23. The lowest BCUT2D eigenvalue weighted by atomic mass is 10.2. The Balaban J connectivity index is 2.11. The summed E-state index contributed by atoms with van der Waals surface area (Å²) in [5, 5.41) is 4.63. The number of benzene rings is 1. The van der Waals surface area contributed by atoms with E-state index in [1.165, 1.54) is 5.69 Å². The molecule has 0 aliphatic heterocycles. The molecule has 3 nitrogen and oxygen atoms in total. The lowest BCUT2D eigenvalue weighted by molar-refractivity contribution is 0.537. The zero-order valence-electron chi connectivity index (χ0n) is 12.7. The molecule has 1 heterocycles. The molecule has 0 saturated heterocycles. The van der Waals surface area contributed by atoms with Crippen LogP contribution in [0.15, 0.2) is 24.4 Å². The Kier molecular flexibility index (Phi) is 5.68. The summed E-state index contributed by atoms with van der Waals surface area (Å²) in [6, 6.07) is 5.75. The molecule has 0 aliphatic carbocycles. The van der Waals surface area contributed by atoms with Crippen LogP contribution >= 0.6 is 23.2 Å². The van der Waals surface area contributed by atoms with Crippen LogP contribution in [0, 0.1) is 12.8 Å². The van der Waals surface area contributed by atoms with E-state index in [0.29, 0.717) is 16.0 Å². The summed E-state index contributed by atoms with van der Waals surface area (Å²) in [5.41, 5.74) is 2.30. The van der Waals surface area contributed by atoms with Gasteiger partial charge in [0.15, 0.2) is 0 Å². The van der Waals surface area contributed by atoms with Crippen LogP contribution in [0.3, 0.4) is 0 Å². The zero-order chi connectivity index (χ0) is 15.4. The summed E-state index contributed by atoms with van der Waals surface area (Å²) < 4.78 is 2.20. The first-order valence-electron chi connectivity index (χ1n) is 7.13. The van der Waals surface area contributed by atoms with Crippen LogP contribution in [0.1, 0.15) is 30.9 Å². The van der Waals surface area contributed by atoms with Crippen molar-refractivity contribution in [2.75, 3.05) is 6.54 Å². The predicted molar refractivity (Wildman–Crippen MR) is 89.1 cm³/mol. The van der Waals surface area contributed by atoms with Gasteiger partial charge in [-0.3, -0.25) is 0 Å². The number of hydrogen-bond donors (Lipinski definition) is 1. The fourth-order valence-corrected chi connectivity index (χ4v) is 2.50. The van der Waals surface area contributed by atoms with Gasteiger partial charge < -0.3 is 9.88 Å². The van der Waals surface area contributed by atoms with Gasteiger partial charge in [-0.2, -0.15) is 0 Å². The van der Waals surface area contributed by atoms with Gasteiger partial charge in [0.1, 0.15) is 5.82 Å². The Bertz CT molecular complexity index is 606. The van der Waals surface area contributed by atoms with Gasteiger partial charge in [-0.25, -0.2) is 4.98 Å². The molecule has 0 fully saturated rings. The first-order valence-corrected chi connectivity index (χ1v) is 7.88. The Hall–Kier alpha value is -1.03. The van der Waals surface area contributed by atoms with Gasteiger partial charge in [0, 0.05) is 19.3 Å². The van der Waals surface area contributed by atoms with E-state index in [9.17, 15) is 0 Å². The van der Waals surface area contributed by atoms with Gasteiger partial charge in [-0.1, -0.05) is 43.1 Å². The first-order chi connectivity index (χ1) is 9.97. The molecule has 2 aromatic rings. The summed E-state index contributed by atoms with van der Waals surface area (Å²) >= 11 is 12.0. The highest BCUT2D eigenvalue weighted by Gasteiger charge is 2.08. The summed E-state index contributed by atoms with van der Waals surface area (Å²) in [6.45, 7) is 8.98. The van der Waals surface area contributed by atoms with Gasteiger partial charge in [0.25, 0.3) is 0 Å². The smallest absolute Gasteiger partial charge is 0.106 e. The van der Waals surface area contributed by atoms with Crippen LogP contribution in [0.25, 0.3) is 0 Å². The van der Waals surface area contributed by atoms with Crippen molar-refractivity contribution in [3.63, 3.8) is 0 Å². The van der Waals surface area contributed by atoms with Crippen molar-refractivity contribution < 1.29 is 0 Å². The monoisotopic (exact) mass is 325 g/mol. The van der Waals surface area contributed by atoms with E-state index >= 15 is 0 Å². The largest absolute Gasteiger partial charge is 0.327 e. The number of nitrogens with one attached hydrogen (secondary N) is 1. The summed E-state index contributed by atoms with van der Waals surface area (Å²) in [5.74, 6) is 1.64.